The third-order valence-electron chi connectivity index (χ3n) is 2.79. The van der Waals surface area contributed by atoms with E-state index in [1.54, 1.807) is 42.6 Å². The van der Waals surface area contributed by atoms with Gasteiger partial charge in [-0.1, -0.05) is 30.3 Å². The van der Waals surface area contributed by atoms with Crippen molar-refractivity contribution in [1.82, 2.24) is 9.88 Å². The Bertz CT molecular complexity index is 554. The zero-order valence-electron chi connectivity index (χ0n) is 10.9. The molecule has 1 N–H and O–H groups in total. The van der Waals surface area contributed by atoms with Crippen LogP contribution in [-0.4, -0.2) is 27.9 Å². The fraction of sp³-hybridized carbons (Fsp3) is 0.286. The normalized spacial score (nSPS) is 12.2. The Morgan fingerprint density at radius 2 is 2.11 bits per heavy atom. The molecule has 0 aliphatic heterocycles. The van der Waals surface area contributed by atoms with Crippen molar-refractivity contribution >= 4 is 17.2 Å². The van der Waals surface area contributed by atoms with Crippen LogP contribution in [-0.2, 0) is 11.3 Å². The average molecular weight is 276 g/mol. The predicted octanol–water partition coefficient (Wildman–Crippen LogP) is 2.14. The van der Waals surface area contributed by atoms with Crippen LogP contribution in [0.25, 0.3) is 0 Å². The van der Waals surface area contributed by atoms with Crippen LogP contribution in [0.1, 0.15) is 22.4 Å². The van der Waals surface area contributed by atoms with E-state index >= 15 is 0 Å². The molecule has 2 aromatic rings. The van der Waals surface area contributed by atoms with Crippen molar-refractivity contribution in [1.29, 1.82) is 0 Å². The first-order chi connectivity index (χ1) is 9.08. The summed E-state index contributed by atoms with van der Waals surface area (Å²) in [5, 5.41) is 12.9. The number of thiazole rings is 1. The summed E-state index contributed by atoms with van der Waals surface area (Å²) in [6.45, 7) is 2.34. The van der Waals surface area contributed by atoms with Crippen LogP contribution in [0.5, 0.6) is 0 Å². The lowest BCUT2D eigenvalue weighted by molar-refractivity contribution is -0.139. The molecule has 0 saturated heterocycles. The molecule has 0 radical (unpaired) electrons. The van der Waals surface area contributed by atoms with Crippen molar-refractivity contribution in [3.05, 3.63) is 52.0 Å². The van der Waals surface area contributed by atoms with Crippen molar-refractivity contribution in [3.8, 4) is 0 Å². The SMILES string of the molecule is Cc1nc(CN(C)C(=O)C(O)c2ccccc2)cs1. The first kappa shape index (κ1) is 13.7. The van der Waals surface area contributed by atoms with E-state index in [1.165, 1.54) is 4.90 Å². The van der Waals surface area contributed by atoms with Gasteiger partial charge in [0.1, 0.15) is 0 Å². The maximum absolute atomic E-state index is 12.1. The van der Waals surface area contributed by atoms with Gasteiger partial charge in [0.2, 0.25) is 0 Å². The Morgan fingerprint density at radius 3 is 2.68 bits per heavy atom. The zero-order chi connectivity index (χ0) is 13.8. The molecule has 0 spiro atoms. The Labute approximate surface area is 116 Å². The van der Waals surface area contributed by atoms with E-state index in [4.69, 9.17) is 0 Å². The van der Waals surface area contributed by atoms with Crippen molar-refractivity contribution in [2.45, 2.75) is 19.6 Å². The number of rotatable bonds is 4. The molecule has 2 rings (SSSR count). The van der Waals surface area contributed by atoms with Gasteiger partial charge in [0.25, 0.3) is 5.91 Å². The van der Waals surface area contributed by atoms with Gasteiger partial charge in [-0.15, -0.1) is 11.3 Å². The van der Waals surface area contributed by atoms with Crippen molar-refractivity contribution in [3.63, 3.8) is 0 Å². The van der Waals surface area contributed by atoms with Gasteiger partial charge in [0.05, 0.1) is 17.2 Å². The molecule has 1 atom stereocenters. The minimum absolute atomic E-state index is 0.322. The predicted molar refractivity (Wildman–Crippen MR) is 74.7 cm³/mol. The van der Waals surface area contributed by atoms with Crippen LogP contribution in [0.15, 0.2) is 35.7 Å². The summed E-state index contributed by atoms with van der Waals surface area (Å²) in [5.74, 6) is -0.322. The van der Waals surface area contributed by atoms with Gasteiger partial charge in [-0.3, -0.25) is 4.79 Å². The lowest BCUT2D eigenvalue weighted by Crippen LogP contribution is -2.31. The molecular formula is C14H16N2O2S. The number of hydrogen-bond acceptors (Lipinski definition) is 4. The topological polar surface area (TPSA) is 53.4 Å². The lowest BCUT2D eigenvalue weighted by Gasteiger charge is -2.20. The molecule has 19 heavy (non-hydrogen) atoms. The number of nitrogens with zero attached hydrogens (tertiary/aromatic N) is 2. The highest BCUT2D eigenvalue weighted by Crippen LogP contribution is 2.16. The van der Waals surface area contributed by atoms with E-state index in [0.29, 0.717) is 12.1 Å². The van der Waals surface area contributed by atoms with E-state index in [9.17, 15) is 9.90 Å². The number of likely N-dealkylation sites (N-methyl/N-ethyl adjacent to an activating group) is 1. The van der Waals surface area contributed by atoms with Gasteiger partial charge in [0.15, 0.2) is 6.10 Å². The number of hydrogen-bond donors (Lipinski definition) is 1. The minimum atomic E-state index is -1.12. The largest absolute Gasteiger partial charge is 0.378 e. The fourth-order valence-electron chi connectivity index (χ4n) is 1.79. The Balaban J connectivity index is 2.03. The number of benzene rings is 1. The van der Waals surface area contributed by atoms with Gasteiger partial charge in [-0.05, 0) is 12.5 Å². The van der Waals surface area contributed by atoms with Crippen LogP contribution >= 0.6 is 11.3 Å². The minimum Gasteiger partial charge on any atom is -0.378 e. The molecule has 1 heterocycles. The lowest BCUT2D eigenvalue weighted by atomic mass is 10.1. The van der Waals surface area contributed by atoms with Gasteiger partial charge < -0.3 is 10.0 Å². The monoisotopic (exact) mass is 276 g/mol. The second-order valence-corrected chi connectivity index (χ2v) is 5.43. The van der Waals surface area contributed by atoms with E-state index in [0.717, 1.165) is 10.7 Å². The van der Waals surface area contributed by atoms with Crippen molar-refractivity contribution in [2.24, 2.45) is 0 Å². The molecule has 0 fully saturated rings. The number of aromatic nitrogens is 1. The van der Waals surface area contributed by atoms with E-state index < -0.39 is 6.10 Å². The number of carbonyl (C=O) groups is 1. The summed E-state index contributed by atoms with van der Waals surface area (Å²) >= 11 is 1.55. The molecule has 4 nitrogen and oxygen atoms in total. The maximum Gasteiger partial charge on any atom is 0.256 e. The van der Waals surface area contributed by atoms with Crippen LogP contribution < -0.4 is 0 Å². The van der Waals surface area contributed by atoms with Gasteiger partial charge >= 0.3 is 0 Å². The van der Waals surface area contributed by atoms with E-state index in [1.807, 2.05) is 18.4 Å². The molecule has 1 amide bonds. The number of aryl methyl sites for hydroxylation is 1. The summed E-state index contributed by atoms with van der Waals surface area (Å²) in [6, 6.07) is 8.93. The van der Waals surface area contributed by atoms with Crippen LogP contribution in [0.3, 0.4) is 0 Å². The Kier molecular flexibility index (Phi) is 4.29. The van der Waals surface area contributed by atoms with Crippen LogP contribution in [0, 0.1) is 6.92 Å². The highest BCUT2D eigenvalue weighted by molar-refractivity contribution is 7.09. The summed E-state index contributed by atoms with van der Waals surface area (Å²) in [7, 11) is 1.67. The summed E-state index contributed by atoms with van der Waals surface area (Å²) in [5.41, 5.74) is 1.45. The molecule has 1 aromatic carbocycles. The van der Waals surface area contributed by atoms with Crippen LogP contribution in [0.2, 0.25) is 0 Å². The van der Waals surface area contributed by atoms with Gasteiger partial charge in [-0.2, -0.15) is 0 Å². The second kappa shape index (κ2) is 5.95. The zero-order valence-corrected chi connectivity index (χ0v) is 11.7. The highest BCUT2D eigenvalue weighted by Gasteiger charge is 2.21. The molecule has 1 unspecified atom stereocenters. The Morgan fingerprint density at radius 1 is 1.42 bits per heavy atom. The maximum atomic E-state index is 12.1. The van der Waals surface area contributed by atoms with Crippen LogP contribution in [0.4, 0.5) is 0 Å². The molecule has 5 heteroatoms. The summed E-state index contributed by atoms with van der Waals surface area (Å²) < 4.78 is 0. The van der Waals surface area contributed by atoms with E-state index in [-0.39, 0.29) is 5.91 Å². The quantitative estimate of drug-likeness (QED) is 0.931. The second-order valence-electron chi connectivity index (χ2n) is 4.37. The van der Waals surface area contributed by atoms with E-state index in [2.05, 4.69) is 4.98 Å². The number of aliphatic hydroxyl groups is 1. The number of amides is 1. The number of carbonyl (C=O) groups excluding carboxylic acids is 1. The molecule has 0 bridgehead atoms. The summed E-state index contributed by atoms with van der Waals surface area (Å²) in [4.78, 5) is 17.9. The first-order valence-electron chi connectivity index (χ1n) is 5.97. The fourth-order valence-corrected chi connectivity index (χ4v) is 2.39. The standard InChI is InChI=1S/C14H16N2O2S/c1-10-15-12(9-19-10)8-16(2)14(18)13(17)11-6-4-3-5-7-11/h3-7,9,13,17H,8H2,1-2H3. The van der Waals surface area contributed by atoms with Gasteiger partial charge in [0, 0.05) is 12.4 Å². The van der Waals surface area contributed by atoms with Crippen molar-refractivity contribution in [2.75, 3.05) is 7.05 Å². The van der Waals surface area contributed by atoms with Gasteiger partial charge in [-0.25, -0.2) is 4.98 Å². The highest BCUT2D eigenvalue weighted by atomic mass is 32.1. The molecule has 100 valence electrons. The van der Waals surface area contributed by atoms with Crippen molar-refractivity contribution < 1.29 is 9.90 Å². The summed E-state index contributed by atoms with van der Waals surface area (Å²) in [6.07, 6.45) is -1.12. The molecule has 0 aliphatic rings. The number of aliphatic hydroxyl groups excluding tert-OH is 1. The molecule has 0 aliphatic carbocycles. The third-order valence-corrected chi connectivity index (χ3v) is 3.61. The molecular weight excluding hydrogens is 260 g/mol. The first-order valence-corrected chi connectivity index (χ1v) is 6.85. The average Bonchev–Trinajstić information content (AvgIpc) is 2.83. The molecule has 0 saturated carbocycles. The Hall–Kier alpha value is -1.72. The third kappa shape index (κ3) is 3.39. The molecule has 1 aromatic heterocycles. The smallest absolute Gasteiger partial charge is 0.256 e.